The van der Waals surface area contributed by atoms with Crippen molar-refractivity contribution in [3.8, 4) is 0 Å². The van der Waals surface area contributed by atoms with E-state index >= 15 is 0 Å². The van der Waals surface area contributed by atoms with Gasteiger partial charge in [-0.05, 0) is 44.6 Å². The molecule has 21 heavy (non-hydrogen) atoms. The van der Waals surface area contributed by atoms with Crippen LogP contribution in [0.2, 0.25) is 0 Å². The third-order valence-electron chi connectivity index (χ3n) is 4.70. The Kier molecular flexibility index (Phi) is 6.22. The van der Waals surface area contributed by atoms with Crippen LogP contribution >= 0.6 is 0 Å². The molecule has 1 fully saturated rings. The van der Waals surface area contributed by atoms with Crippen molar-refractivity contribution in [1.82, 2.24) is 4.90 Å². The maximum atomic E-state index is 6.36. The highest BCUT2D eigenvalue weighted by Gasteiger charge is 2.31. The monoisotopic (exact) mass is 290 g/mol. The predicted molar refractivity (Wildman–Crippen MR) is 88.4 cm³/mol. The van der Waals surface area contributed by atoms with Crippen molar-refractivity contribution in [2.45, 2.75) is 45.2 Å². The fourth-order valence-corrected chi connectivity index (χ4v) is 2.89. The summed E-state index contributed by atoms with van der Waals surface area (Å²) in [6.45, 7) is 7.32. The Morgan fingerprint density at radius 3 is 2.48 bits per heavy atom. The molecule has 0 saturated heterocycles. The summed E-state index contributed by atoms with van der Waals surface area (Å²) < 4.78 is 5.25. The van der Waals surface area contributed by atoms with Gasteiger partial charge in [0, 0.05) is 32.3 Å². The molecule has 2 N–H and O–H groups in total. The van der Waals surface area contributed by atoms with Crippen LogP contribution in [0.1, 0.15) is 43.4 Å². The van der Waals surface area contributed by atoms with Crippen molar-refractivity contribution in [1.29, 1.82) is 0 Å². The Morgan fingerprint density at radius 1 is 1.24 bits per heavy atom. The molecule has 2 unspecified atom stereocenters. The average molecular weight is 290 g/mol. The lowest BCUT2D eigenvalue weighted by Gasteiger charge is -2.30. The van der Waals surface area contributed by atoms with Crippen molar-refractivity contribution in [3.05, 3.63) is 35.4 Å². The normalized spacial score (nSPS) is 18.0. The van der Waals surface area contributed by atoms with Gasteiger partial charge in [0.25, 0.3) is 0 Å². The molecule has 0 heterocycles. The SMILES string of the molecule is COCCN(CCC(N)c1ccc(C)cc1)C(C)C1CC1. The maximum absolute atomic E-state index is 6.36. The minimum absolute atomic E-state index is 0.127. The van der Waals surface area contributed by atoms with Crippen molar-refractivity contribution >= 4 is 0 Å². The van der Waals surface area contributed by atoms with E-state index in [1.54, 1.807) is 7.11 Å². The van der Waals surface area contributed by atoms with Crippen LogP contribution in [0.15, 0.2) is 24.3 Å². The molecule has 1 aromatic carbocycles. The van der Waals surface area contributed by atoms with Gasteiger partial charge in [-0.15, -0.1) is 0 Å². The first-order valence-corrected chi connectivity index (χ1v) is 8.17. The summed E-state index contributed by atoms with van der Waals surface area (Å²) in [6, 6.07) is 9.38. The zero-order chi connectivity index (χ0) is 15.2. The highest BCUT2D eigenvalue weighted by Crippen LogP contribution is 2.35. The van der Waals surface area contributed by atoms with Crippen LogP contribution < -0.4 is 5.73 Å². The van der Waals surface area contributed by atoms with Gasteiger partial charge in [0.05, 0.1) is 6.61 Å². The van der Waals surface area contributed by atoms with Crippen LogP contribution in [0, 0.1) is 12.8 Å². The summed E-state index contributed by atoms with van der Waals surface area (Å²) in [7, 11) is 1.78. The molecule has 0 radical (unpaired) electrons. The van der Waals surface area contributed by atoms with E-state index in [9.17, 15) is 0 Å². The minimum Gasteiger partial charge on any atom is -0.383 e. The number of hydrogen-bond acceptors (Lipinski definition) is 3. The number of nitrogens with zero attached hydrogens (tertiary/aromatic N) is 1. The van der Waals surface area contributed by atoms with E-state index in [1.165, 1.54) is 24.0 Å². The minimum atomic E-state index is 0.127. The molecule has 1 aromatic rings. The Labute approximate surface area is 129 Å². The summed E-state index contributed by atoms with van der Waals surface area (Å²) in [5.74, 6) is 0.887. The van der Waals surface area contributed by atoms with Gasteiger partial charge in [-0.25, -0.2) is 0 Å². The lowest BCUT2D eigenvalue weighted by molar-refractivity contribution is 0.114. The first-order chi connectivity index (χ1) is 10.1. The van der Waals surface area contributed by atoms with Crippen LogP contribution in [0.3, 0.4) is 0 Å². The molecule has 118 valence electrons. The van der Waals surface area contributed by atoms with E-state index in [1.807, 2.05) is 0 Å². The van der Waals surface area contributed by atoms with Crippen LogP contribution in [0.4, 0.5) is 0 Å². The molecule has 0 spiro atoms. The largest absolute Gasteiger partial charge is 0.383 e. The van der Waals surface area contributed by atoms with Crippen molar-refractivity contribution in [2.75, 3.05) is 26.8 Å². The molecule has 0 aromatic heterocycles. The van der Waals surface area contributed by atoms with Gasteiger partial charge in [0.2, 0.25) is 0 Å². The van der Waals surface area contributed by atoms with Crippen molar-refractivity contribution < 1.29 is 4.74 Å². The van der Waals surface area contributed by atoms with E-state index in [4.69, 9.17) is 10.5 Å². The topological polar surface area (TPSA) is 38.5 Å². The summed E-state index contributed by atoms with van der Waals surface area (Å²) in [5, 5.41) is 0. The molecule has 3 nitrogen and oxygen atoms in total. The average Bonchev–Trinajstić information content (AvgIpc) is 3.32. The number of hydrogen-bond donors (Lipinski definition) is 1. The van der Waals surface area contributed by atoms with Gasteiger partial charge in [-0.3, -0.25) is 4.90 Å². The third kappa shape index (κ3) is 5.10. The molecular formula is C18H30N2O. The second-order valence-electron chi connectivity index (χ2n) is 6.41. The third-order valence-corrected chi connectivity index (χ3v) is 4.70. The maximum Gasteiger partial charge on any atom is 0.0589 e. The smallest absolute Gasteiger partial charge is 0.0589 e. The standard InChI is InChI=1S/C18H30N2O/c1-14-4-6-17(7-5-14)18(19)10-11-20(12-13-21-3)15(2)16-8-9-16/h4-7,15-16,18H,8-13,19H2,1-3H3. The molecule has 1 aliphatic rings. The zero-order valence-electron chi connectivity index (χ0n) is 13.7. The highest BCUT2D eigenvalue weighted by atomic mass is 16.5. The summed E-state index contributed by atoms with van der Waals surface area (Å²) in [4.78, 5) is 2.55. The van der Waals surface area contributed by atoms with Crippen molar-refractivity contribution in [2.24, 2.45) is 11.7 Å². The van der Waals surface area contributed by atoms with E-state index in [2.05, 4.69) is 43.0 Å². The summed E-state index contributed by atoms with van der Waals surface area (Å²) in [5.41, 5.74) is 8.89. The zero-order valence-corrected chi connectivity index (χ0v) is 13.7. The van der Waals surface area contributed by atoms with Crippen LogP contribution in [-0.4, -0.2) is 37.7 Å². The Hall–Kier alpha value is -0.900. The second kappa shape index (κ2) is 7.92. The molecule has 1 saturated carbocycles. The predicted octanol–water partition coefficient (Wildman–Crippen LogP) is 3.13. The number of aryl methyl sites for hydroxylation is 1. The van der Waals surface area contributed by atoms with Crippen LogP contribution in [0.25, 0.3) is 0 Å². The van der Waals surface area contributed by atoms with Gasteiger partial charge < -0.3 is 10.5 Å². The van der Waals surface area contributed by atoms with E-state index in [0.29, 0.717) is 6.04 Å². The quantitative estimate of drug-likeness (QED) is 0.759. The number of nitrogens with two attached hydrogens (primary N) is 1. The van der Waals surface area contributed by atoms with Gasteiger partial charge in [-0.1, -0.05) is 29.8 Å². The van der Waals surface area contributed by atoms with E-state index in [0.717, 1.165) is 32.0 Å². The fourth-order valence-electron chi connectivity index (χ4n) is 2.89. The Balaban J connectivity index is 1.85. The van der Waals surface area contributed by atoms with Gasteiger partial charge in [0.15, 0.2) is 0 Å². The number of methoxy groups -OCH3 is 1. The second-order valence-corrected chi connectivity index (χ2v) is 6.41. The molecule has 2 rings (SSSR count). The molecule has 0 amide bonds. The number of ether oxygens (including phenoxy) is 1. The number of benzene rings is 1. The van der Waals surface area contributed by atoms with Gasteiger partial charge in [0.1, 0.15) is 0 Å². The number of rotatable bonds is 9. The Morgan fingerprint density at radius 2 is 1.90 bits per heavy atom. The van der Waals surface area contributed by atoms with Crippen LogP contribution in [0.5, 0.6) is 0 Å². The molecule has 3 heteroatoms. The molecule has 2 atom stereocenters. The molecule has 0 aliphatic heterocycles. The molecule has 0 bridgehead atoms. The van der Waals surface area contributed by atoms with E-state index < -0.39 is 0 Å². The lowest BCUT2D eigenvalue weighted by atomic mass is 10.0. The fraction of sp³-hybridized carbons (Fsp3) is 0.667. The first kappa shape index (κ1) is 16.5. The first-order valence-electron chi connectivity index (χ1n) is 8.17. The highest BCUT2D eigenvalue weighted by molar-refractivity contribution is 5.23. The molecule has 1 aliphatic carbocycles. The molecular weight excluding hydrogens is 260 g/mol. The van der Waals surface area contributed by atoms with E-state index in [-0.39, 0.29) is 6.04 Å². The van der Waals surface area contributed by atoms with Gasteiger partial charge >= 0.3 is 0 Å². The summed E-state index contributed by atoms with van der Waals surface area (Å²) >= 11 is 0. The van der Waals surface area contributed by atoms with Gasteiger partial charge in [-0.2, -0.15) is 0 Å². The Bertz CT molecular complexity index is 414. The van der Waals surface area contributed by atoms with Crippen LogP contribution in [-0.2, 0) is 4.74 Å². The van der Waals surface area contributed by atoms with Crippen molar-refractivity contribution in [3.63, 3.8) is 0 Å². The summed E-state index contributed by atoms with van der Waals surface area (Å²) in [6.07, 6.45) is 3.77. The lowest BCUT2D eigenvalue weighted by Crippen LogP contribution is -2.38.